The maximum absolute atomic E-state index is 13.4. The first kappa shape index (κ1) is 21.0. The number of carbonyl (C=O) groups excluding carboxylic acids is 2. The van der Waals surface area contributed by atoms with E-state index in [2.05, 4.69) is 0 Å². The van der Waals surface area contributed by atoms with Gasteiger partial charge in [-0.3, -0.25) is 19.4 Å². The molecular weight excluding hydrogens is 456 g/mol. The van der Waals surface area contributed by atoms with E-state index in [-0.39, 0.29) is 24.8 Å². The first-order valence-electron chi connectivity index (χ1n) is 10.1. The van der Waals surface area contributed by atoms with E-state index in [1.54, 1.807) is 16.7 Å². The molecule has 2 amide bonds. The van der Waals surface area contributed by atoms with Gasteiger partial charge in [-0.2, -0.15) is 0 Å². The summed E-state index contributed by atoms with van der Waals surface area (Å²) < 4.78 is 0.486. The van der Waals surface area contributed by atoms with Crippen molar-refractivity contribution in [3.8, 4) is 0 Å². The Balaban J connectivity index is 1.35. The molecule has 0 saturated carbocycles. The van der Waals surface area contributed by atoms with Crippen molar-refractivity contribution in [1.82, 2.24) is 4.90 Å². The molecule has 0 atom stereocenters. The average Bonchev–Trinajstić information content (AvgIpc) is 3.08. The Morgan fingerprint density at radius 2 is 1.44 bits per heavy atom. The van der Waals surface area contributed by atoms with Gasteiger partial charge in [-0.1, -0.05) is 90.3 Å². The number of anilines is 2. The zero-order chi connectivity index (χ0) is 22.1. The molecule has 0 bridgehead atoms. The fourth-order valence-electron chi connectivity index (χ4n) is 3.69. The zero-order valence-corrected chi connectivity index (χ0v) is 19.4. The third-order valence-electron chi connectivity index (χ3n) is 5.20. The SMILES string of the molecule is O=C1/C(=C/c2ccccc2)SC(=S)N1CCC(=O)N1c2ccccc2Sc2ccccc21. The van der Waals surface area contributed by atoms with Gasteiger partial charge in [0.05, 0.1) is 16.3 Å². The number of rotatable bonds is 4. The lowest BCUT2D eigenvalue weighted by Gasteiger charge is -2.31. The summed E-state index contributed by atoms with van der Waals surface area (Å²) >= 11 is 8.39. The van der Waals surface area contributed by atoms with Crippen LogP contribution >= 0.6 is 35.7 Å². The summed E-state index contributed by atoms with van der Waals surface area (Å²) in [6.45, 7) is 0.254. The van der Waals surface area contributed by atoms with Gasteiger partial charge < -0.3 is 0 Å². The van der Waals surface area contributed by atoms with Crippen LogP contribution in [0.15, 0.2) is 93.6 Å². The maximum Gasteiger partial charge on any atom is 0.266 e. The Bertz CT molecular complexity index is 1210. The minimum absolute atomic E-state index is 0.0636. The van der Waals surface area contributed by atoms with Crippen LogP contribution in [-0.2, 0) is 9.59 Å². The quantitative estimate of drug-likeness (QED) is 0.337. The summed E-state index contributed by atoms with van der Waals surface area (Å²) in [5.74, 6) is -0.210. The van der Waals surface area contributed by atoms with Crippen molar-refractivity contribution in [3.63, 3.8) is 0 Å². The Hall–Kier alpha value is -2.87. The average molecular weight is 475 g/mol. The molecule has 0 aromatic heterocycles. The van der Waals surface area contributed by atoms with Crippen LogP contribution in [0.2, 0.25) is 0 Å². The molecule has 3 aromatic carbocycles. The normalized spacial score (nSPS) is 16.3. The van der Waals surface area contributed by atoms with E-state index in [4.69, 9.17) is 12.2 Å². The van der Waals surface area contributed by atoms with Crippen molar-refractivity contribution in [1.29, 1.82) is 0 Å². The molecule has 0 unspecified atom stereocenters. The van der Waals surface area contributed by atoms with Crippen molar-refractivity contribution in [2.45, 2.75) is 16.2 Å². The number of hydrogen-bond donors (Lipinski definition) is 0. The van der Waals surface area contributed by atoms with Gasteiger partial charge in [0.25, 0.3) is 5.91 Å². The fourth-order valence-corrected chi connectivity index (χ4v) is 6.05. The molecule has 2 aliphatic heterocycles. The van der Waals surface area contributed by atoms with Gasteiger partial charge in [-0.15, -0.1) is 0 Å². The summed E-state index contributed by atoms with van der Waals surface area (Å²) in [7, 11) is 0. The van der Waals surface area contributed by atoms with Crippen LogP contribution in [-0.4, -0.2) is 27.6 Å². The molecule has 3 aromatic rings. The van der Waals surface area contributed by atoms with Gasteiger partial charge in [0.2, 0.25) is 5.91 Å². The molecule has 0 spiro atoms. The van der Waals surface area contributed by atoms with Crippen molar-refractivity contribution in [3.05, 3.63) is 89.3 Å². The van der Waals surface area contributed by atoms with Crippen LogP contribution in [0.3, 0.4) is 0 Å². The number of hydrogen-bond acceptors (Lipinski definition) is 5. The predicted molar refractivity (Wildman–Crippen MR) is 135 cm³/mol. The van der Waals surface area contributed by atoms with Crippen molar-refractivity contribution >= 4 is 69.3 Å². The van der Waals surface area contributed by atoms with E-state index in [9.17, 15) is 9.59 Å². The molecular formula is C25H18N2O2S3. The highest BCUT2D eigenvalue weighted by molar-refractivity contribution is 8.26. The number of benzene rings is 3. The lowest BCUT2D eigenvalue weighted by Crippen LogP contribution is -2.35. The largest absolute Gasteiger partial charge is 0.292 e. The summed E-state index contributed by atoms with van der Waals surface area (Å²) in [6, 6.07) is 25.4. The first-order valence-corrected chi connectivity index (χ1v) is 12.2. The van der Waals surface area contributed by atoms with E-state index in [0.29, 0.717) is 9.23 Å². The van der Waals surface area contributed by atoms with Crippen LogP contribution in [0.25, 0.3) is 6.08 Å². The third-order valence-corrected chi connectivity index (χ3v) is 7.71. The lowest BCUT2D eigenvalue weighted by atomic mass is 10.2. The lowest BCUT2D eigenvalue weighted by molar-refractivity contribution is -0.123. The smallest absolute Gasteiger partial charge is 0.266 e. The van der Waals surface area contributed by atoms with E-state index in [1.165, 1.54) is 16.7 Å². The molecule has 5 rings (SSSR count). The topological polar surface area (TPSA) is 40.6 Å². The minimum Gasteiger partial charge on any atom is -0.292 e. The summed E-state index contributed by atoms with van der Waals surface area (Å²) in [5, 5.41) is 0. The van der Waals surface area contributed by atoms with Gasteiger partial charge in [0, 0.05) is 22.8 Å². The second kappa shape index (κ2) is 8.94. The van der Waals surface area contributed by atoms with Crippen LogP contribution < -0.4 is 4.90 Å². The van der Waals surface area contributed by atoms with Crippen molar-refractivity contribution < 1.29 is 9.59 Å². The van der Waals surface area contributed by atoms with E-state index in [0.717, 1.165) is 26.7 Å². The number of thiocarbonyl (C=S) groups is 1. The van der Waals surface area contributed by atoms with Gasteiger partial charge in [-0.05, 0) is 35.9 Å². The molecule has 2 aliphatic rings. The van der Waals surface area contributed by atoms with Crippen molar-refractivity contribution in [2.75, 3.05) is 11.4 Å². The third kappa shape index (κ3) is 3.99. The predicted octanol–water partition coefficient (Wildman–Crippen LogP) is 6.11. The highest BCUT2D eigenvalue weighted by Gasteiger charge is 2.34. The van der Waals surface area contributed by atoms with Gasteiger partial charge in [-0.25, -0.2) is 0 Å². The van der Waals surface area contributed by atoms with Gasteiger partial charge in [0.15, 0.2) is 0 Å². The fraction of sp³-hybridized carbons (Fsp3) is 0.0800. The molecule has 2 heterocycles. The standard InChI is InChI=1S/C25H18N2O2S3/c28-23(27-18-10-4-6-12-20(18)31-21-13-7-5-11-19(21)27)14-15-26-24(29)22(32-25(26)30)16-17-8-2-1-3-9-17/h1-13,16H,14-15H2/b22-16-. The molecule has 1 fully saturated rings. The van der Waals surface area contributed by atoms with Crippen LogP contribution in [0, 0.1) is 0 Å². The van der Waals surface area contributed by atoms with Gasteiger partial charge >= 0.3 is 0 Å². The number of para-hydroxylation sites is 2. The Kier molecular flexibility index (Phi) is 5.87. The molecule has 158 valence electrons. The highest BCUT2D eigenvalue weighted by atomic mass is 32.2. The number of carbonyl (C=O) groups is 2. The van der Waals surface area contributed by atoms with Crippen LogP contribution in [0.5, 0.6) is 0 Å². The summed E-state index contributed by atoms with van der Waals surface area (Å²) in [5.41, 5.74) is 2.69. The molecule has 32 heavy (non-hydrogen) atoms. The zero-order valence-electron chi connectivity index (χ0n) is 16.9. The molecule has 1 saturated heterocycles. The Morgan fingerprint density at radius 3 is 2.09 bits per heavy atom. The van der Waals surface area contributed by atoms with E-state index >= 15 is 0 Å². The number of thioether (sulfide) groups is 1. The van der Waals surface area contributed by atoms with E-state index < -0.39 is 0 Å². The second-order valence-corrected chi connectivity index (χ2v) is 10.0. The summed E-state index contributed by atoms with van der Waals surface area (Å²) in [6.07, 6.45) is 2.02. The van der Waals surface area contributed by atoms with Crippen LogP contribution in [0.4, 0.5) is 11.4 Å². The maximum atomic E-state index is 13.4. The second-order valence-electron chi connectivity index (χ2n) is 7.26. The Morgan fingerprint density at radius 1 is 0.844 bits per heavy atom. The Labute approximate surface area is 200 Å². The minimum atomic E-state index is -0.147. The first-order chi connectivity index (χ1) is 15.6. The molecule has 0 N–H and O–H groups in total. The highest BCUT2D eigenvalue weighted by Crippen LogP contribution is 2.48. The number of amides is 2. The molecule has 4 nitrogen and oxygen atoms in total. The molecule has 7 heteroatoms. The monoisotopic (exact) mass is 474 g/mol. The summed E-state index contributed by atoms with van der Waals surface area (Å²) in [4.78, 5) is 32.3. The molecule has 0 radical (unpaired) electrons. The van der Waals surface area contributed by atoms with E-state index in [1.807, 2.05) is 84.9 Å². The van der Waals surface area contributed by atoms with Gasteiger partial charge in [0.1, 0.15) is 4.32 Å². The number of nitrogens with zero attached hydrogens (tertiary/aromatic N) is 2. The molecule has 0 aliphatic carbocycles. The van der Waals surface area contributed by atoms with Crippen LogP contribution in [0.1, 0.15) is 12.0 Å². The van der Waals surface area contributed by atoms with Crippen molar-refractivity contribution in [2.24, 2.45) is 0 Å². The number of fused-ring (bicyclic) bond motifs is 2.